The zero-order valence-electron chi connectivity index (χ0n) is 15.2. The van der Waals surface area contributed by atoms with Gasteiger partial charge in [-0.15, -0.1) is 0 Å². The maximum atomic E-state index is 12.7. The van der Waals surface area contributed by atoms with Crippen molar-refractivity contribution < 1.29 is 19.4 Å². The number of aliphatic hydroxyl groups excluding tert-OH is 1. The van der Waals surface area contributed by atoms with Crippen molar-refractivity contribution in [1.29, 1.82) is 0 Å². The van der Waals surface area contributed by atoms with Crippen LogP contribution in [0.3, 0.4) is 0 Å². The van der Waals surface area contributed by atoms with Gasteiger partial charge < -0.3 is 15.2 Å². The molecule has 6 heteroatoms. The molecule has 1 heterocycles. The smallest absolute Gasteiger partial charge is 0.410 e. The van der Waals surface area contributed by atoms with Gasteiger partial charge in [0.15, 0.2) is 0 Å². The van der Waals surface area contributed by atoms with Gasteiger partial charge in [0.1, 0.15) is 11.6 Å². The van der Waals surface area contributed by atoms with Gasteiger partial charge in [-0.2, -0.15) is 0 Å². The second-order valence-electron chi connectivity index (χ2n) is 7.34. The highest BCUT2D eigenvalue weighted by Crippen LogP contribution is 2.22. The van der Waals surface area contributed by atoms with Crippen LogP contribution < -0.4 is 5.32 Å². The van der Waals surface area contributed by atoms with Gasteiger partial charge in [0.2, 0.25) is 5.91 Å². The molecule has 0 aliphatic carbocycles. The van der Waals surface area contributed by atoms with Crippen molar-refractivity contribution in [3.63, 3.8) is 0 Å². The minimum absolute atomic E-state index is 0.199. The Kier molecular flexibility index (Phi) is 6.42. The zero-order chi connectivity index (χ0) is 18.4. The molecule has 1 aliphatic heterocycles. The SMILES string of the molecule is CC(C)(C)OC(=O)N1CCCC[C@H]1C(=O)N[C@H](CO)c1ccccc1. The first-order valence-electron chi connectivity index (χ1n) is 8.77. The van der Waals surface area contributed by atoms with Gasteiger partial charge in [-0.3, -0.25) is 9.69 Å². The lowest BCUT2D eigenvalue weighted by Gasteiger charge is -2.36. The van der Waals surface area contributed by atoms with Crippen LogP contribution >= 0.6 is 0 Å². The van der Waals surface area contributed by atoms with Gasteiger partial charge >= 0.3 is 6.09 Å². The fraction of sp³-hybridized carbons (Fsp3) is 0.579. The Morgan fingerprint density at radius 1 is 1.28 bits per heavy atom. The lowest BCUT2D eigenvalue weighted by atomic mass is 10.0. The van der Waals surface area contributed by atoms with Crippen LogP contribution in [0.25, 0.3) is 0 Å². The molecule has 1 aromatic rings. The van der Waals surface area contributed by atoms with Crippen LogP contribution in [-0.4, -0.2) is 46.8 Å². The number of nitrogens with one attached hydrogen (secondary N) is 1. The predicted octanol–water partition coefficient (Wildman–Crippen LogP) is 2.63. The van der Waals surface area contributed by atoms with E-state index in [1.807, 2.05) is 30.3 Å². The molecule has 1 aliphatic rings. The summed E-state index contributed by atoms with van der Waals surface area (Å²) in [5.41, 5.74) is 0.228. The Morgan fingerprint density at radius 3 is 2.56 bits per heavy atom. The fourth-order valence-electron chi connectivity index (χ4n) is 2.93. The molecule has 2 amide bonds. The summed E-state index contributed by atoms with van der Waals surface area (Å²) in [7, 11) is 0. The predicted molar refractivity (Wildman–Crippen MR) is 95.0 cm³/mol. The van der Waals surface area contributed by atoms with Crippen molar-refractivity contribution in [2.75, 3.05) is 13.2 Å². The van der Waals surface area contributed by atoms with Crippen LogP contribution in [0.5, 0.6) is 0 Å². The van der Waals surface area contributed by atoms with E-state index in [1.165, 1.54) is 4.90 Å². The summed E-state index contributed by atoms with van der Waals surface area (Å²) in [6.07, 6.45) is 1.86. The average Bonchev–Trinajstić information content (AvgIpc) is 2.58. The van der Waals surface area contributed by atoms with E-state index >= 15 is 0 Å². The molecular weight excluding hydrogens is 320 g/mol. The van der Waals surface area contributed by atoms with Crippen molar-refractivity contribution in [1.82, 2.24) is 10.2 Å². The molecule has 6 nitrogen and oxygen atoms in total. The van der Waals surface area contributed by atoms with Gasteiger partial charge in [0, 0.05) is 6.54 Å². The van der Waals surface area contributed by atoms with Crippen molar-refractivity contribution >= 4 is 12.0 Å². The number of nitrogens with zero attached hydrogens (tertiary/aromatic N) is 1. The Labute approximate surface area is 149 Å². The third-order valence-electron chi connectivity index (χ3n) is 4.13. The molecule has 0 saturated carbocycles. The molecule has 0 bridgehead atoms. The second kappa shape index (κ2) is 8.34. The molecule has 2 N–H and O–H groups in total. The second-order valence-corrected chi connectivity index (χ2v) is 7.34. The Bertz CT molecular complexity index is 583. The molecule has 25 heavy (non-hydrogen) atoms. The molecule has 0 radical (unpaired) electrons. The van der Waals surface area contributed by atoms with Crippen LogP contribution in [-0.2, 0) is 9.53 Å². The number of ether oxygens (including phenoxy) is 1. The van der Waals surface area contributed by atoms with E-state index in [-0.39, 0.29) is 12.5 Å². The number of carbonyl (C=O) groups excluding carboxylic acids is 2. The molecule has 0 unspecified atom stereocenters. The summed E-state index contributed by atoms with van der Waals surface area (Å²) in [6.45, 7) is 5.72. The highest BCUT2D eigenvalue weighted by atomic mass is 16.6. The quantitative estimate of drug-likeness (QED) is 0.877. The van der Waals surface area contributed by atoms with E-state index in [0.29, 0.717) is 13.0 Å². The molecule has 0 aromatic heterocycles. The van der Waals surface area contributed by atoms with Crippen LogP contribution in [0.1, 0.15) is 51.6 Å². The number of rotatable bonds is 4. The summed E-state index contributed by atoms with van der Waals surface area (Å²) < 4.78 is 5.43. The number of piperidine rings is 1. The number of amides is 2. The highest BCUT2D eigenvalue weighted by molar-refractivity contribution is 5.86. The summed E-state index contributed by atoms with van der Waals surface area (Å²) in [4.78, 5) is 26.7. The summed E-state index contributed by atoms with van der Waals surface area (Å²) >= 11 is 0. The molecule has 2 atom stereocenters. The summed E-state index contributed by atoms with van der Waals surface area (Å²) in [6, 6.07) is 8.25. The standard InChI is InChI=1S/C19H28N2O4/c1-19(2,3)25-18(24)21-12-8-7-11-16(21)17(23)20-15(13-22)14-9-5-4-6-10-14/h4-6,9-10,15-16,22H,7-8,11-13H2,1-3H3,(H,20,23)/t15-,16+/m1/s1. The normalized spacial score (nSPS) is 19.2. The Hall–Kier alpha value is -2.08. The van der Waals surface area contributed by atoms with E-state index in [9.17, 15) is 14.7 Å². The van der Waals surface area contributed by atoms with Gasteiger partial charge in [-0.25, -0.2) is 4.79 Å². The number of carbonyl (C=O) groups is 2. The number of benzene rings is 1. The first kappa shape index (κ1) is 19.2. The number of likely N-dealkylation sites (tertiary alicyclic amines) is 1. The van der Waals surface area contributed by atoms with Crippen LogP contribution in [0, 0.1) is 0 Å². The number of aliphatic hydroxyl groups is 1. The molecule has 1 saturated heterocycles. The van der Waals surface area contributed by atoms with E-state index in [0.717, 1.165) is 18.4 Å². The molecular formula is C19H28N2O4. The zero-order valence-corrected chi connectivity index (χ0v) is 15.2. The Balaban J connectivity index is 2.08. The first-order chi connectivity index (χ1) is 11.8. The minimum Gasteiger partial charge on any atom is -0.444 e. The van der Waals surface area contributed by atoms with Crippen molar-refractivity contribution in [2.24, 2.45) is 0 Å². The molecule has 0 spiro atoms. The number of hydrogen-bond acceptors (Lipinski definition) is 4. The molecule has 1 aromatic carbocycles. The van der Waals surface area contributed by atoms with Crippen molar-refractivity contribution in [2.45, 2.75) is 57.7 Å². The van der Waals surface area contributed by atoms with Gasteiger partial charge in [-0.1, -0.05) is 30.3 Å². The fourth-order valence-corrected chi connectivity index (χ4v) is 2.93. The van der Waals surface area contributed by atoms with Crippen LogP contribution in [0.15, 0.2) is 30.3 Å². The van der Waals surface area contributed by atoms with Crippen molar-refractivity contribution in [3.8, 4) is 0 Å². The van der Waals surface area contributed by atoms with Crippen LogP contribution in [0.4, 0.5) is 4.79 Å². The van der Waals surface area contributed by atoms with Gasteiger partial charge in [0.25, 0.3) is 0 Å². The highest BCUT2D eigenvalue weighted by Gasteiger charge is 2.35. The lowest BCUT2D eigenvalue weighted by molar-refractivity contribution is -0.128. The molecule has 2 rings (SSSR count). The maximum absolute atomic E-state index is 12.7. The third-order valence-corrected chi connectivity index (χ3v) is 4.13. The van der Waals surface area contributed by atoms with Crippen LogP contribution in [0.2, 0.25) is 0 Å². The monoisotopic (exact) mass is 348 g/mol. The van der Waals surface area contributed by atoms with Crippen molar-refractivity contribution in [3.05, 3.63) is 35.9 Å². The van der Waals surface area contributed by atoms with E-state index < -0.39 is 23.8 Å². The lowest BCUT2D eigenvalue weighted by Crippen LogP contribution is -2.53. The molecule has 138 valence electrons. The topological polar surface area (TPSA) is 78.9 Å². The van der Waals surface area contributed by atoms with Gasteiger partial charge in [-0.05, 0) is 45.6 Å². The van der Waals surface area contributed by atoms with E-state index in [2.05, 4.69) is 5.32 Å². The summed E-state index contributed by atoms with van der Waals surface area (Å²) in [5, 5.41) is 12.5. The Morgan fingerprint density at radius 2 is 1.96 bits per heavy atom. The largest absolute Gasteiger partial charge is 0.444 e. The number of hydrogen-bond donors (Lipinski definition) is 2. The summed E-state index contributed by atoms with van der Waals surface area (Å²) in [5.74, 6) is -0.256. The van der Waals surface area contributed by atoms with E-state index in [1.54, 1.807) is 20.8 Å². The average molecular weight is 348 g/mol. The van der Waals surface area contributed by atoms with Gasteiger partial charge in [0.05, 0.1) is 12.6 Å². The first-order valence-corrected chi connectivity index (χ1v) is 8.77. The molecule has 1 fully saturated rings. The third kappa shape index (κ3) is 5.46. The van der Waals surface area contributed by atoms with E-state index in [4.69, 9.17) is 4.74 Å². The minimum atomic E-state index is -0.604. The maximum Gasteiger partial charge on any atom is 0.410 e.